The minimum absolute atomic E-state index is 0.214. The third kappa shape index (κ3) is 4.17. The molecule has 5 heteroatoms. The Hall–Kier alpha value is -0.200. The van der Waals surface area contributed by atoms with Gasteiger partial charge in [0.25, 0.3) is 0 Å². The van der Waals surface area contributed by atoms with Crippen LogP contribution in [0.4, 0.5) is 0 Å². The Labute approximate surface area is 128 Å². The lowest BCUT2D eigenvalue weighted by atomic mass is 10.1. The monoisotopic (exact) mass is 298 g/mol. The molecular formula is C16H30N2O3. The summed E-state index contributed by atoms with van der Waals surface area (Å²) >= 11 is 0. The lowest BCUT2D eigenvalue weighted by Gasteiger charge is -2.33. The molecule has 0 radical (unpaired) electrons. The van der Waals surface area contributed by atoms with Crippen LogP contribution in [0.2, 0.25) is 0 Å². The lowest BCUT2D eigenvalue weighted by molar-refractivity contribution is -0.163. The van der Waals surface area contributed by atoms with E-state index in [0.29, 0.717) is 6.10 Å². The van der Waals surface area contributed by atoms with E-state index < -0.39 is 0 Å². The molecule has 3 fully saturated rings. The Morgan fingerprint density at radius 3 is 2.67 bits per heavy atom. The topological polar surface area (TPSA) is 57.0 Å². The number of likely N-dealkylation sites (tertiary alicyclic amines) is 1. The molecule has 1 unspecified atom stereocenters. The second kappa shape index (κ2) is 7.38. The van der Waals surface area contributed by atoms with Crippen molar-refractivity contribution in [2.75, 3.05) is 39.4 Å². The van der Waals surface area contributed by atoms with Crippen molar-refractivity contribution < 1.29 is 14.2 Å². The number of piperidine rings is 1. The molecule has 2 heterocycles. The van der Waals surface area contributed by atoms with Gasteiger partial charge in [-0.25, -0.2) is 0 Å². The van der Waals surface area contributed by atoms with Gasteiger partial charge in [-0.05, 0) is 38.6 Å². The van der Waals surface area contributed by atoms with Crippen molar-refractivity contribution in [3.8, 4) is 0 Å². The normalized spacial score (nSPS) is 30.4. The van der Waals surface area contributed by atoms with E-state index in [2.05, 4.69) is 4.90 Å². The van der Waals surface area contributed by atoms with Gasteiger partial charge in [0.1, 0.15) is 0 Å². The first-order valence-electron chi connectivity index (χ1n) is 8.65. The van der Waals surface area contributed by atoms with Crippen LogP contribution in [0.5, 0.6) is 0 Å². The first kappa shape index (κ1) is 15.7. The highest BCUT2D eigenvalue weighted by molar-refractivity contribution is 4.86. The molecule has 122 valence electrons. The van der Waals surface area contributed by atoms with Gasteiger partial charge >= 0.3 is 0 Å². The van der Waals surface area contributed by atoms with Gasteiger partial charge in [-0.15, -0.1) is 0 Å². The van der Waals surface area contributed by atoms with Gasteiger partial charge in [0.05, 0.1) is 18.8 Å². The molecule has 0 aromatic carbocycles. The summed E-state index contributed by atoms with van der Waals surface area (Å²) in [7, 11) is 0. The maximum Gasteiger partial charge on any atom is 0.168 e. The van der Waals surface area contributed by atoms with E-state index in [1.165, 1.54) is 12.8 Å². The summed E-state index contributed by atoms with van der Waals surface area (Å²) in [6.07, 6.45) is 8.58. The molecule has 1 atom stereocenters. The summed E-state index contributed by atoms with van der Waals surface area (Å²) in [4.78, 5) is 2.50. The lowest BCUT2D eigenvalue weighted by Crippen LogP contribution is -2.42. The van der Waals surface area contributed by atoms with Gasteiger partial charge in [0, 0.05) is 39.1 Å². The van der Waals surface area contributed by atoms with E-state index in [4.69, 9.17) is 19.9 Å². The highest BCUT2D eigenvalue weighted by atomic mass is 16.7. The molecule has 0 bridgehead atoms. The zero-order valence-electron chi connectivity index (χ0n) is 13.1. The first-order valence-corrected chi connectivity index (χ1v) is 8.65. The second-order valence-corrected chi connectivity index (χ2v) is 6.68. The standard InChI is InChI=1S/C16H30N2O3/c17-8-3-11-19-14-4-9-18(10-5-14)12-15-13-20-16(21-15)6-1-2-7-16/h14-15H,1-13,17H2. The van der Waals surface area contributed by atoms with E-state index in [9.17, 15) is 0 Å². The molecule has 2 saturated heterocycles. The Morgan fingerprint density at radius 1 is 1.19 bits per heavy atom. The Balaban J connectivity index is 1.34. The highest BCUT2D eigenvalue weighted by Crippen LogP contribution is 2.39. The molecule has 3 rings (SSSR count). The van der Waals surface area contributed by atoms with Crippen LogP contribution >= 0.6 is 0 Å². The summed E-state index contributed by atoms with van der Waals surface area (Å²) in [6.45, 7) is 5.54. The van der Waals surface area contributed by atoms with Gasteiger partial charge in [0.15, 0.2) is 5.79 Å². The Kier molecular flexibility index (Phi) is 5.51. The number of nitrogens with zero attached hydrogens (tertiary/aromatic N) is 1. The highest BCUT2D eigenvalue weighted by Gasteiger charge is 2.44. The van der Waals surface area contributed by atoms with Crippen LogP contribution in [-0.2, 0) is 14.2 Å². The second-order valence-electron chi connectivity index (χ2n) is 6.68. The van der Waals surface area contributed by atoms with Crippen molar-refractivity contribution in [2.24, 2.45) is 5.73 Å². The van der Waals surface area contributed by atoms with Crippen molar-refractivity contribution in [2.45, 2.75) is 62.9 Å². The molecule has 5 nitrogen and oxygen atoms in total. The van der Waals surface area contributed by atoms with E-state index in [0.717, 1.165) is 71.5 Å². The van der Waals surface area contributed by atoms with Gasteiger partial charge in [-0.2, -0.15) is 0 Å². The summed E-state index contributed by atoms with van der Waals surface area (Å²) in [5, 5.41) is 0. The van der Waals surface area contributed by atoms with E-state index >= 15 is 0 Å². The van der Waals surface area contributed by atoms with Crippen LogP contribution in [-0.4, -0.2) is 62.3 Å². The zero-order valence-corrected chi connectivity index (χ0v) is 13.1. The largest absolute Gasteiger partial charge is 0.378 e. The third-order valence-electron chi connectivity index (χ3n) is 4.98. The van der Waals surface area contributed by atoms with E-state index in [1.807, 2.05) is 0 Å². The number of hydrogen-bond donors (Lipinski definition) is 1. The number of rotatable bonds is 6. The molecule has 1 spiro atoms. The zero-order chi connectivity index (χ0) is 14.5. The van der Waals surface area contributed by atoms with Crippen molar-refractivity contribution in [3.63, 3.8) is 0 Å². The van der Waals surface area contributed by atoms with Gasteiger partial charge < -0.3 is 24.8 Å². The van der Waals surface area contributed by atoms with Crippen LogP contribution < -0.4 is 5.73 Å². The number of nitrogens with two attached hydrogens (primary N) is 1. The maximum atomic E-state index is 6.21. The van der Waals surface area contributed by atoms with Crippen molar-refractivity contribution in [1.82, 2.24) is 4.90 Å². The van der Waals surface area contributed by atoms with Crippen LogP contribution in [0.3, 0.4) is 0 Å². The molecule has 0 amide bonds. The predicted octanol–water partition coefficient (Wildman–Crippen LogP) is 1.50. The smallest absolute Gasteiger partial charge is 0.168 e. The summed E-state index contributed by atoms with van der Waals surface area (Å²) in [5.41, 5.74) is 5.49. The molecule has 1 saturated carbocycles. The van der Waals surface area contributed by atoms with Crippen LogP contribution in [0.15, 0.2) is 0 Å². The quantitative estimate of drug-likeness (QED) is 0.753. The minimum Gasteiger partial charge on any atom is -0.378 e. The fraction of sp³-hybridized carbons (Fsp3) is 1.00. The molecule has 0 aromatic rings. The van der Waals surface area contributed by atoms with Crippen molar-refractivity contribution >= 4 is 0 Å². The van der Waals surface area contributed by atoms with Gasteiger partial charge in [-0.1, -0.05) is 0 Å². The molecule has 21 heavy (non-hydrogen) atoms. The molecule has 1 aliphatic carbocycles. The summed E-state index contributed by atoms with van der Waals surface area (Å²) in [5.74, 6) is -0.214. The first-order chi connectivity index (χ1) is 10.3. The van der Waals surface area contributed by atoms with Crippen molar-refractivity contribution in [3.05, 3.63) is 0 Å². The van der Waals surface area contributed by atoms with Crippen molar-refractivity contribution in [1.29, 1.82) is 0 Å². The Morgan fingerprint density at radius 2 is 1.95 bits per heavy atom. The average Bonchev–Trinajstić information content (AvgIpc) is 3.12. The van der Waals surface area contributed by atoms with Crippen LogP contribution in [0.25, 0.3) is 0 Å². The molecule has 0 aromatic heterocycles. The molecular weight excluding hydrogens is 268 g/mol. The van der Waals surface area contributed by atoms with Crippen LogP contribution in [0.1, 0.15) is 44.9 Å². The van der Waals surface area contributed by atoms with Gasteiger partial charge in [0.2, 0.25) is 0 Å². The number of hydrogen-bond acceptors (Lipinski definition) is 5. The van der Waals surface area contributed by atoms with E-state index in [1.54, 1.807) is 0 Å². The fourth-order valence-corrected chi connectivity index (χ4v) is 3.76. The maximum absolute atomic E-state index is 6.21. The predicted molar refractivity (Wildman–Crippen MR) is 81.1 cm³/mol. The SMILES string of the molecule is NCCCOC1CCN(CC2COC3(CCCC3)O2)CC1. The molecule has 3 aliphatic rings. The summed E-state index contributed by atoms with van der Waals surface area (Å²) in [6, 6.07) is 0. The molecule has 2 N–H and O–H groups in total. The average molecular weight is 298 g/mol. The van der Waals surface area contributed by atoms with Gasteiger partial charge in [-0.3, -0.25) is 0 Å². The third-order valence-corrected chi connectivity index (χ3v) is 4.98. The Bertz CT molecular complexity index is 313. The minimum atomic E-state index is -0.214. The number of ether oxygens (including phenoxy) is 3. The summed E-state index contributed by atoms with van der Waals surface area (Å²) < 4.78 is 18.0. The van der Waals surface area contributed by atoms with E-state index in [-0.39, 0.29) is 11.9 Å². The van der Waals surface area contributed by atoms with Crippen LogP contribution in [0, 0.1) is 0 Å². The molecule has 2 aliphatic heterocycles. The fourth-order valence-electron chi connectivity index (χ4n) is 3.76.